The highest BCUT2D eigenvalue weighted by Crippen LogP contribution is 2.42. The highest BCUT2D eigenvalue weighted by molar-refractivity contribution is 7.21. The van der Waals surface area contributed by atoms with Gasteiger partial charge in [0.2, 0.25) is 5.27 Å². The molecule has 0 aliphatic carbocycles. The van der Waals surface area contributed by atoms with E-state index < -0.39 is 5.90 Å². The molecule has 1 aromatic carbocycles. The van der Waals surface area contributed by atoms with Crippen molar-refractivity contribution in [1.82, 2.24) is 10.3 Å². The lowest BCUT2D eigenvalue weighted by Gasteiger charge is -2.10. The van der Waals surface area contributed by atoms with Gasteiger partial charge in [-0.25, -0.2) is 9.98 Å². The lowest BCUT2D eigenvalue weighted by atomic mass is 9.97. The summed E-state index contributed by atoms with van der Waals surface area (Å²) >= 11 is 1.07. The molecule has 30 heavy (non-hydrogen) atoms. The third kappa shape index (κ3) is 3.21. The number of rotatable bonds is 4. The van der Waals surface area contributed by atoms with Crippen LogP contribution in [0.15, 0.2) is 46.0 Å². The van der Waals surface area contributed by atoms with Crippen LogP contribution in [0.25, 0.3) is 21.3 Å². The SMILES string of the molecule is CC(C)[n+]1cc(/N=C(\[O-])c2sc3nc(N)c(C#N)c(-c4ccccc4)c3c2N)on1. The molecule has 3 aromatic heterocycles. The zero-order valence-electron chi connectivity index (χ0n) is 16.2. The fourth-order valence-corrected chi connectivity index (χ4v) is 4.02. The monoisotopic (exact) mass is 419 g/mol. The van der Waals surface area contributed by atoms with Crippen LogP contribution in [0.2, 0.25) is 0 Å². The predicted molar refractivity (Wildman–Crippen MR) is 112 cm³/mol. The Hall–Kier alpha value is -3.97. The number of pyridine rings is 1. The molecule has 0 aliphatic heterocycles. The van der Waals surface area contributed by atoms with E-state index in [0.717, 1.165) is 16.9 Å². The number of nitriles is 1. The first-order valence-electron chi connectivity index (χ1n) is 9.01. The number of aromatic nitrogens is 3. The van der Waals surface area contributed by atoms with Crippen molar-refractivity contribution in [2.75, 3.05) is 11.5 Å². The third-order valence-corrected chi connectivity index (χ3v) is 5.57. The number of nitrogen functional groups attached to an aromatic ring is 2. The van der Waals surface area contributed by atoms with Gasteiger partial charge in [0, 0.05) is 16.8 Å². The van der Waals surface area contributed by atoms with Crippen LogP contribution >= 0.6 is 11.3 Å². The van der Waals surface area contributed by atoms with Crippen LogP contribution in [0.1, 0.15) is 30.3 Å². The van der Waals surface area contributed by atoms with Crippen LogP contribution in [-0.2, 0) is 0 Å². The highest BCUT2D eigenvalue weighted by Gasteiger charge is 2.22. The Morgan fingerprint density at radius 2 is 2.03 bits per heavy atom. The van der Waals surface area contributed by atoms with E-state index in [-0.39, 0.29) is 33.9 Å². The fraction of sp³-hybridized carbons (Fsp3) is 0.150. The molecule has 0 amide bonds. The smallest absolute Gasteiger partial charge is 0.320 e. The number of aliphatic imine (C=N–C) groups is 1. The summed E-state index contributed by atoms with van der Waals surface area (Å²) in [6.07, 6.45) is 1.53. The van der Waals surface area contributed by atoms with Gasteiger partial charge >= 0.3 is 5.88 Å². The first kappa shape index (κ1) is 19.4. The molecule has 9 nitrogen and oxygen atoms in total. The molecule has 0 spiro atoms. The molecule has 4 rings (SSSR count). The summed E-state index contributed by atoms with van der Waals surface area (Å²) < 4.78 is 6.64. The number of thiophene rings is 1. The minimum absolute atomic E-state index is 0.0622. The van der Waals surface area contributed by atoms with Crippen molar-refractivity contribution in [3.63, 3.8) is 0 Å². The molecule has 4 aromatic rings. The van der Waals surface area contributed by atoms with E-state index in [1.807, 2.05) is 44.2 Å². The molecular weight excluding hydrogens is 402 g/mol. The molecule has 0 atom stereocenters. The van der Waals surface area contributed by atoms with Crippen LogP contribution in [0, 0.1) is 11.3 Å². The van der Waals surface area contributed by atoms with E-state index in [4.69, 9.17) is 16.0 Å². The number of nitrogens with zero attached hydrogens (tertiary/aromatic N) is 5. The largest absolute Gasteiger partial charge is 0.857 e. The van der Waals surface area contributed by atoms with Gasteiger partial charge in [-0.05, 0) is 24.1 Å². The Morgan fingerprint density at radius 1 is 1.30 bits per heavy atom. The first-order valence-corrected chi connectivity index (χ1v) is 9.83. The molecule has 0 aliphatic rings. The second kappa shape index (κ2) is 7.46. The topological polar surface area (TPSA) is 154 Å². The molecule has 10 heteroatoms. The Balaban J connectivity index is 1.92. The van der Waals surface area contributed by atoms with E-state index in [1.54, 1.807) is 4.68 Å². The molecule has 0 radical (unpaired) electrons. The number of hydrogen-bond acceptors (Lipinski definition) is 9. The Kier molecular flexibility index (Phi) is 4.81. The second-order valence-electron chi connectivity index (χ2n) is 6.78. The highest BCUT2D eigenvalue weighted by atomic mass is 32.1. The molecular formula is C20H17N7O2S. The van der Waals surface area contributed by atoms with Gasteiger partial charge in [-0.2, -0.15) is 5.26 Å². The van der Waals surface area contributed by atoms with Crippen molar-refractivity contribution < 1.29 is 14.3 Å². The Morgan fingerprint density at radius 3 is 2.67 bits per heavy atom. The summed E-state index contributed by atoms with van der Waals surface area (Å²) in [5.74, 6) is -0.438. The summed E-state index contributed by atoms with van der Waals surface area (Å²) in [6, 6.07) is 11.4. The molecule has 0 fully saturated rings. The second-order valence-corrected chi connectivity index (χ2v) is 7.78. The number of nitrogens with two attached hydrogens (primary N) is 2. The van der Waals surface area contributed by atoms with Crippen molar-refractivity contribution >= 4 is 44.8 Å². The van der Waals surface area contributed by atoms with E-state index >= 15 is 0 Å². The van der Waals surface area contributed by atoms with Crippen LogP contribution in [0.3, 0.4) is 0 Å². The third-order valence-electron chi connectivity index (χ3n) is 4.49. The standard InChI is InChI=1S/C20H17N7O2S/c1-10(2)27-9-13(29-26-27)24-19(28)17-16(22)15-14(11-6-4-3-5-7-11)12(8-21)18(23)25-20(15)30-17/h3-7,9-10H,1-2H3,(H4-,22,23,24,25,26,28). The normalized spacial score (nSPS) is 11.9. The van der Waals surface area contributed by atoms with Gasteiger partial charge in [0.15, 0.2) is 6.04 Å². The minimum Gasteiger partial charge on any atom is -0.857 e. The summed E-state index contributed by atoms with van der Waals surface area (Å²) in [6.45, 7) is 3.85. The first-order chi connectivity index (χ1) is 14.4. The maximum Gasteiger partial charge on any atom is 0.320 e. The van der Waals surface area contributed by atoms with Gasteiger partial charge < -0.3 is 16.6 Å². The van der Waals surface area contributed by atoms with Gasteiger partial charge in [-0.15, -0.1) is 11.3 Å². The van der Waals surface area contributed by atoms with Gasteiger partial charge in [0.25, 0.3) is 6.20 Å². The van der Waals surface area contributed by atoms with E-state index in [2.05, 4.69) is 21.3 Å². The molecule has 150 valence electrons. The lowest BCUT2D eigenvalue weighted by Crippen LogP contribution is -2.36. The quantitative estimate of drug-likeness (QED) is 0.292. The molecule has 4 N–H and O–H groups in total. The van der Waals surface area contributed by atoms with Crippen molar-refractivity contribution in [3.8, 4) is 17.2 Å². The molecule has 0 saturated heterocycles. The van der Waals surface area contributed by atoms with E-state index in [9.17, 15) is 10.4 Å². The van der Waals surface area contributed by atoms with E-state index in [1.165, 1.54) is 6.20 Å². The number of hydrogen-bond donors (Lipinski definition) is 2. The molecule has 0 bridgehead atoms. The summed E-state index contributed by atoms with van der Waals surface area (Å²) in [4.78, 5) is 8.91. The Labute approximate surface area is 175 Å². The van der Waals surface area contributed by atoms with Gasteiger partial charge in [0.1, 0.15) is 22.3 Å². The Bertz CT molecular complexity index is 1320. The van der Waals surface area contributed by atoms with Crippen LogP contribution < -0.4 is 21.3 Å². The average molecular weight is 419 g/mol. The van der Waals surface area contributed by atoms with Crippen molar-refractivity contribution in [2.24, 2.45) is 4.99 Å². The van der Waals surface area contributed by atoms with Gasteiger partial charge in [0.05, 0.1) is 10.6 Å². The molecule has 3 heterocycles. The van der Waals surface area contributed by atoms with Gasteiger partial charge in [-0.3, -0.25) is 4.52 Å². The summed E-state index contributed by atoms with van der Waals surface area (Å²) in [7, 11) is 0. The maximum atomic E-state index is 12.8. The van der Waals surface area contributed by atoms with Gasteiger partial charge in [-0.1, -0.05) is 30.3 Å². The number of benzene rings is 1. The number of fused-ring (bicyclic) bond motifs is 1. The fourth-order valence-electron chi connectivity index (χ4n) is 3.03. The van der Waals surface area contributed by atoms with Crippen molar-refractivity contribution in [1.29, 1.82) is 5.26 Å². The van der Waals surface area contributed by atoms with Crippen LogP contribution in [0.5, 0.6) is 0 Å². The lowest BCUT2D eigenvalue weighted by molar-refractivity contribution is -0.779. The summed E-state index contributed by atoms with van der Waals surface area (Å²) in [5, 5.41) is 26.8. The molecule has 0 saturated carbocycles. The summed E-state index contributed by atoms with van der Waals surface area (Å²) in [5.41, 5.74) is 14.1. The zero-order valence-corrected chi connectivity index (χ0v) is 17.0. The minimum atomic E-state index is -0.585. The van der Waals surface area contributed by atoms with E-state index in [0.29, 0.717) is 15.8 Å². The predicted octanol–water partition coefficient (Wildman–Crippen LogP) is 2.29. The van der Waals surface area contributed by atoms with Crippen LogP contribution in [-0.4, -0.2) is 16.2 Å². The molecule has 0 unspecified atom stereocenters. The number of anilines is 2. The van der Waals surface area contributed by atoms with Crippen molar-refractivity contribution in [3.05, 3.63) is 47.0 Å². The van der Waals surface area contributed by atoms with Crippen molar-refractivity contribution in [2.45, 2.75) is 19.9 Å². The van der Waals surface area contributed by atoms with Crippen LogP contribution in [0.4, 0.5) is 17.4 Å². The zero-order chi connectivity index (χ0) is 21.4. The maximum absolute atomic E-state index is 12.8. The average Bonchev–Trinajstić information content (AvgIpc) is 3.32.